The molecule has 13 heavy (non-hydrogen) atoms. The van der Waals surface area contributed by atoms with Crippen molar-refractivity contribution in [3.63, 3.8) is 0 Å². The molecule has 6 heteroatoms. The Morgan fingerprint density at radius 1 is 1.38 bits per heavy atom. The molecule has 0 bridgehead atoms. The van der Waals surface area contributed by atoms with Crippen LogP contribution in [0.1, 0.15) is 0 Å². The molecular formula is C7H4BrF3O2. The fourth-order valence-electron chi connectivity index (χ4n) is 0.753. The van der Waals surface area contributed by atoms with Crippen LogP contribution in [-0.2, 0) is 0 Å². The van der Waals surface area contributed by atoms with E-state index in [9.17, 15) is 13.2 Å². The zero-order chi connectivity index (χ0) is 10.0. The summed E-state index contributed by atoms with van der Waals surface area (Å²) in [6, 6.07) is 1.97. The van der Waals surface area contributed by atoms with Crippen molar-refractivity contribution in [2.45, 2.75) is 6.61 Å². The van der Waals surface area contributed by atoms with Crippen LogP contribution in [-0.4, -0.2) is 11.7 Å². The molecule has 0 heterocycles. The molecule has 0 saturated heterocycles. The third-order valence-electron chi connectivity index (χ3n) is 1.20. The first-order valence-electron chi connectivity index (χ1n) is 3.13. The minimum absolute atomic E-state index is 0.240. The van der Waals surface area contributed by atoms with Crippen LogP contribution in [0.3, 0.4) is 0 Å². The second-order valence-corrected chi connectivity index (χ2v) is 3.03. The quantitative estimate of drug-likeness (QED) is 0.882. The van der Waals surface area contributed by atoms with Gasteiger partial charge in [0.25, 0.3) is 0 Å². The van der Waals surface area contributed by atoms with Gasteiger partial charge in [0.15, 0.2) is 11.6 Å². The van der Waals surface area contributed by atoms with E-state index < -0.39 is 23.9 Å². The lowest BCUT2D eigenvalue weighted by atomic mass is 10.3. The van der Waals surface area contributed by atoms with Gasteiger partial charge in [0.1, 0.15) is 0 Å². The molecule has 0 aromatic heterocycles. The molecule has 0 atom stereocenters. The smallest absolute Gasteiger partial charge is 0.387 e. The van der Waals surface area contributed by atoms with E-state index >= 15 is 0 Å². The summed E-state index contributed by atoms with van der Waals surface area (Å²) in [6.45, 7) is -3.17. The molecule has 0 aliphatic carbocycles. The van der Waals surface area contributed by atoms with Crippen molar-refractivity contribution >= 4 is 15.9 Å². The fourth-order valence-corrected chi connectivity index (χ4v) is 1.17. The Hall–Kier alpha value is -0.910. The Morgan fingerprint density at radius 3 is 2.46 bits per heavy atom. The van der Waals surface area contributed by atoms with Gasteiger partial charge < -0.3 is 9.84 Å². The maximum absolute atomic E-state index is 12.8. The number of benzene rings is 1. The molecule has 72 valence electrons. The molecule has 1 aromatic carbocycles. The first-order valence-corrected chi connectivity index (χ1v) is 3.93. The van der Waals surface area contributed by atoms with Crippen molar-refractivity contribution in [2.24, 2.45) is 0 Å². The molecule has 0 aliphatic rings. The van der Waals surface area contributed by atoms with E-state index in [0.29, 0.717) is 0 Å². The average molecular weight is 257 g/mol. The van der Waals surface area contributed by atoms with E-state index in [2.05, 4.69) is 20.7 Å². The highest BCUT2D eigenvalue weighted by Gasteiger charge is 2.15. The van der Waals surface area contributed by atoms with Crippen LogP contribution >= 0.6 is 15.9 Å². The lowest BCUT2D eigenvalue weighted by Gasteiger charge is -2.07. The van der Waals surface area contributed by atoms with Crippen molar-refractivity contribution in [3.05, 3.63) is 22.4 Å². The van der Waals surface area contributed by atoms with Crippen molar-refractivity contribution in [1.29, 1.82) is 0 Å². The summed E-state index contributed by atoms with van der Waals surface area (Å²) in [5.41, 5.74) is 0. The Balaban J connectivity index is 3.06. The molecule has 0 amide bonds. The number of hydrogen-bond acceptors (Lipinski definition) is 2. The minimum Gasteiger partial charge on any atom is -0.504 e. The monoisotopic (exact) mass is 256 g/mol. The molecular weight excluding hydrogens is 253 g/mol. The molecule has 0 saturated carbocycles. The van der Waals surface area contributed by atoms with Crippen LogP contribution in [0.2, 0.25) is 0 Å². The van der Waals surface area contributed by atoms with Crippen LogP contribution in [0.4, 0.5) is 13.2 Å². The van der Waals surface area contributed by atoms with Crippen LogP contribution in [0, 0.1) is 5.82 Å². The van der Waals surface area contributed by atoms with Crippen molar-refractivity contribution in [2.75, 3.05) is 0 Å². The van der Waals surface area contributed by atoms with Gasteiger partial charge in [-0.05, 0) is 12.1 Å². The molecule has 0 spiro atoms. The SMILES string of the molecule is Oc1cc(Br)cc(F)c1OC(F)F. The molecule has 2 nitrogen and oxygen atoms in total. The van der Waals surface area contributed by atoms with Crippen molar-refractivity contribution < 1.29 is 23.0 Å². The second kappa shape index (κ2) is 3.87. The van der Waals surface area contributed by atoms with Gasteiger partial charge in [0.2, 0.25) is 5.75 Å². The lowest BCUT2D eigenvalue weighted by molar-refractivity contribution is -0.0536. The van der Waals surface area contributed by atoms with Crippen LogP contribution in [0.25, 0.3) is 0 Å². The molecule has 0 radical (unpaired) electrons. The summed E-state index contributed by atoms with van der Waals surface area (Å²) in [5.74, 6) is -2.57. The van der Waals surface area contributed by atoms with Gasteiger partial charge >= 0.3 is 6.61 Å². The largest absolute Gasteiger partial charge is 0.504 e. The van der Waals surface area contributed by atoms with E-state index in [1.54, 1.807) is 0 Å². The average Bonchev–Trinajstić information content (AvgIpc) is 1.96. The number of halogens is 4. The number of aromatic hydroxyl groups is 1. The Morgan fingerprint density at radius 2 is 2.00 bits per heavy atom. The first kappa shape index (κ1) is 10.2. The fraction of sp³-hybridized carbons (Fsp3) is 0.143. The second-order valence-electron chi connectivity index (χ2n) is 2.11. The van der Waals surface area contributed by atoms with Crippen molar-refractivity contribution in [1.82, 2.24) is 0 Å². The lowest BCUT2D eigenvalue weighted by Crippen LogP contribution is -2.03. The highest BCUT2D eigenvalue weighted by atomic mass is 79.9. The van der Waals surface area contributed by atoms with Gasteiger partial charge in [-0.3, -0.25) is 0 Å². The van der Waals surface area contributed by atoms with Gasteiger partial charge in [-0.2, -0.15) is 8.78 Å². The standard InChI is InChI=1S/C7H4BrF3O2/c8-3-1-4(9)6(5(12)2-3)13-7(10)11/h1-2,7,12H. The summed E-state index contributed by atoms with van der Waals surface area (Å²) in [7, 11) is 0. The van der Waals surface area contributed by atoms with Gasteiger partial charge in [0, 0.05) is 4.47 Å². The van der Waals surface area contributed by atoms with E-state index in [1.165, 1.54) is 0 Å². The van der Waals surface area contributed by atoms with Crippen LogP contribution < -0.4 is 4.74 Å². The summed E-state index contributed by atoms with van der Waals surface area (Å²) in [6.07, 6.45) is 0. The number of ether oxygens (including phenoxy) is 1. The van der Waals surface area contributed by atoms with Crippen LogP contribution in [0.15, 0.2) is 16.6 Å². The van der Waals surface area contributed by atoms with Gasteiger partial charge in [-0.25, -0.2) is 4.39 Å². The van der Waals surface area contributed by atoms with Crippen LogP contribution in [0.5, 0.6) is 11.5 Å². The molecule has 1 aromatic rings. The van der Waals surface area contributed by atoms with E-state index in [4.69, 9.17) is 5.11 Å². The summed E-state index contributed by atoms with van der Waals surface area (Å²) in [5, 5.41) is 8.99. The first-order chi connectivity index (χ1) is 6.00. The minimum atomic E-state index is -3.17. The predicted molar refractivity (Wildman–Crippen MR) is 42.4 cm³/mol. The van der Waals surface area contributed by atoms with Crippen molar-refractivity contribution in [3.8, 4) is 11.5 Å². The summed E-state index contributed by atoms with van der Waals surface area (Å²) >= 11 is 2.87. The zero-order valence-electron chi connectivity index (χ0n) is 6.10. The number of phenols is 1. The summed E-state index contributed by atoms with van der Waals surface area (Å²) < 4.78 is 40.2. The van der Waals surface area contributed by atoms with E-state index in [-0.39, 0.29) is 4.47 Å². The third kappa shape index (κ3) is 2.51. The Labute approximate surface area is 80.1 Å². The number of alkyl halides is 2. The third-order valence-corrected chi connectivity index (χ3v) is 1.65. The van der Waals surface area contributed by atoms with Gasteiger partial charge in [-0.15, -0.1) is 0 Å². The molecule has 0 unspecified atom stereocenters. The number of phenolic OH excluding ortho intramolecular Hbond substituents is 1. The maximum atomic E-state index is 12.8. The Bertz CT molecular complexity index is 294. The van der Waals surface area contributed by atoms with Gasteiger partial charge in [-0.1, -0.05) is 15.9 Å². The summed E-state index contributed by atoms with van der Waals surface area (Å²) in [4.78, 5) is 0. The van der Waals surface area contributed by atoms with E-state index in [0.717, 1.165) is 12.1 Å². The van der Waals surface area contributed by atoms with Gasteiger partial charge in [0.05, 0.1) is 0 Å². The normalized spacial score (nSPS) is 10.5. The zero-order valence-corrected chi connectivity index (χ0v) is 7.69. The van der Waals surface area contributed by atoms with E-state index in [1.807, 2.05) is 0 Å². The number of hydrogen-bond donors (Lipinski definition) is 1. The number of rotatable bonds is 2. The maximum Gasteiger partial charge on any atom is 0.387 e. The predicted octanol–water partition coefficient (Wildman–Crippen LogP) is 2.90. The molecule has 0 fully saturated rings. The highest BCUT2D eigenvalue weighted by Crippen LogP contribution is 2.33. The molecule has 1 N–H and O–H groups in total. The molecule has 1 rings (SSSR count). The molecule has 0 aliphatic heterocycles. The highest BCUT2D eigenvalue weighted by molar-refractivity contribution is 9.10. The topological polar surface area (TPSA) is 29.5 Å². The Kier molecular flexibility index (Phi) is 3.02.